The minimum absolute atomic E-state index is 0.117. The summed E-state index contributed by atoms with van der Waals surface area (Å²) in [6.07, 6.45) is 0.574. The largest absolute Gasteiger partial charge is 0.355 e. The number of pyridine rings is 1. The van der Waals surface area contributed by atoms with Crippen molar-refractivity contribution in [1.82, 2.24) is 10.3 Å². The molecule has 0 spiro atoms. The predicted molar refractivity (Wildman–Crippen MR) is 111 cm³/mol. The molecule has 1 aromatic heterocycles. The zero-order valence-electron chi connectivity index (χ0n) is 16.7. The second kappa shape index (κ2) is 9.29. The van der Waals surface area contributed by atoms with Gasteiger partial charge in [0, 0.05) is 24.5 Å². The minimum Gasteiger partial charge on any atom is -0.355 e. The van der Waals surface area contributed by atoms with Crippen LogP contribution < -0.4 is 16.0 Å². The summed E-state index contributed by atoms with van der Waals surface area (Å²) in [5.41, 5.74) is 1.20. The van der Waals surface area contributed by atoms with E-state index < -0.39 is 41.3 Å². The van der Waals surface area contributed by atoms with Crippen LogP contribution >= 0.6 is 0 Å². The van der Waals surface area contributed by atoms with E-state index in [1.54, 1.807) is 6.07 Å². The molecule has 0 saturated heterocycles. The van der Waals surface area contributed by atoms with Crippen LogP contribution in [0.1, 0.15) is 21.5 Å². The van der Waals surface area contributed by atoms with Gasteiger partial charge in [0.05, 0.1) is 17.7 Å². The lowest BCUT2D eigenvalue weighted by Gasteiger charge is -2.15. The van der Waals surface area contributed by atoms with Crippen molar-refractivity contribution < 1.29 is 22.8 Å². The normalized spacial score (nSPS) is 10.5. The molecule has 3 aromatic rings. The first-order chi connectivity index (χ1) is 14.8. The number of para-hydroxylation sites is 1. The van der Waals surface area contributed by atoms with Crippen molar-refractivity contribution in [1.29, 1.82) is 0 Å². The molecule has 6 nitrogen and oxygen atoms in total. The Labute approximate surface area is 176 Å². The third kappa shape index (κ3) is 5.00. The average Bonchev–Trinajstić information content (AvgIpc) is 2.76. The van der Waals surface area contributed by atoms with Gasteiger partial charge in [-0.15, -0.1) is 0 Å². The fourth-order valence-corrected chi connectivity index (χ4v) is 2.85. The van der Waals surface area contributed by atoms with Crippen LogP contribution in [0.4, 0.5) is 30.4 Å². The van der Waals surface area contributed by atoms with Gasteiger partial charge in [-0.1, -0.05) is 18.2 Å². The Kier molecular flexibility index (Phi) is 6.54. The number of carbonyl (C=O) groups excluding carboxylic acids is 2. The van der Waals surface area contributed by atoms with Gasteiger partial charge in [-0.05, 0) is 36.8 Å². The summed E-state index contributed by atoms with van der Waals surface area (Å²) in [6.45, 7) is 1.87. The molecule has 2 amide bonds. The molecule has 1 heterocycles. The third-order valence-corrected chi connectivity index (χ3v) is 4.53. The summed E-state index contributed by atoms with van der Waals surface area (Å²) in [5.74, 6) is -4.75. The van der Waals surface area contributed by atoms with Crippen molar-refractivity contribution in [2.24, 2.45) is 0 Å². The van der Waals surface area contributed by atoms with Crippen LogP contribution in [-0.4, -0.2) is 23.8 Å². The van der Waals surface area contributed by atoms with Crippen molar-refractivity contribution in [2.75, 3.05) is 17.7 Å². The van der Waals surface area contributed by atoms with Crippen molar-refractivity contribution in [2.45, 2.75) is 13.3 Å². The number of anilines is 3. The van der Waals surface area contributed by atoms with E-state index in [0.29, 0.717) is 11.8 Å². The third-order valence-electron chi connectivity index (χ3n) is 4.53. The maximum Gasteiger partial charge on any atom is 0.252 e. The van der Waals surface area contributed by atoms with Crippen LogP contribution in [0.25, 0.3) is 0 Å². The number of aromatic nitrogens is 1. The Morgan fingerprint density at radius 3 is 2.42 bits per heavy atom. The zero-order chi connectivity index (χ0) is 22.5. The number of halogens is 3. The van der Waals surface area contributed by atoms with Crippen molar-refractivity contribution >= 4 is 29.0 Å². The smallest absolute Gasteiger partial charge is 0.252 e. The van der Waals surface area contributed by atoms with Crippen LogP contribution in [0, 0.1) is 24.4 Å². The van der Waals surface area contributed by atoms with Crippen LogP contribution in [0.15, 0.2) is 48.7 Å². The molecule has 0 bridgehead atoms. The van der Waals surface area contributed by atoms with Crippen LogP contribution in [0.2, 0.25) is 0 Å². The van der Waals surface area contributed by atoms with Gasteiger partial charge in [0.2, 0.25) is 5.91 Å². The lowest BCUT2D eigenvalue weighted by Crippen LogP contribution is -2.21. The van der Waals surface area contributed by atoms with E-state index in [1.807, 2.05) is 25.1 Å². The molecular formula is C22H19F3N4O2. The van der Waals surface area contributed by atoms with Crippen molar-refractivity contribution in [3.63, 3.8) is 0 Å². The maximum atomic E-state index is 13.9. The SMILES string of the molecule is CNC(=O)c1cnc(Nc2ccccc2C)c(NC(=O)Cc2c(F)ccc(F)c2F)c1. The number of nitrogens with one attached hydrogen (secondary N) is 3. The van der Waals surface area contributed by atoms with Crippen LogP contribution in [0.3, 0.4) is 0 Å². The molecule has 160 valence electrons. The van der Waals surface area contributed by atoms with Crippen LogP contribution in [0.5, 0.6) is 0 Å². The van der Waals surface area contributed by atoms with E-state index in [-0.39, 0.29) is 17.1 Å². The molecule has 0 unspecified atom stereocenters. The van der Waals surface area contributed by atoms with E-state index in [1.165, 1.54) is 19.3 Å². The predicted octanol–water partition coefficient (Wildman–Crippen LogP) is 4.09. The minimum atomic E-state index is -1.43. The number of hydrogen-bond donors (Lipinski definition) is 3. The number of aryl methyl sites for hydroxylation is 1. The number of amides is 2. The standard InChI is InChI=1S/C22H19F3N4O2/c1-12-5-3-4-6-17(12)29-21-18(9-13(11-27-21)22(31)26-2)28-19(30)10-14-15(23)7-8-16(24)20(14)25/h3-9,11H,10H2,1-2H3,(H,26,31)(H,27,29)(H,28,30). The van der Waals surface area contributed by atoms with Gasteiger partial charge < -0.3 is 16.0 Å². The number of rotatable bonds is 6. The average molecular weight is 428 g/mol. The lowest BCUT2D eigenvalue weighted by atomic mass is 10.1. The van der Waals surface area contributed by atoms with Gasteiger partial charge in [0.1, 0.15) is 5.82 Å². The molecule has 0 aliphatic rings. The molecule has 2 aromatic carbocycles. The molecule has 3 N–H and O–H groups in total. The fourth-order valence-electron chi connectivity index (χ4n) is 2.85. The number of hydrogen-bond acceptors (Lipinski definition) is 4. The summed E-state index contributed by atoms with van der Waals surface area (Å²) < 4.78 is 41.2. The van der Waals surface area contributed by atoms with Crippen molar-refractivity contribution in [3.8, 4) is 0 Å². The fraction of sp³-hybridized carbons (Fsp3) is 0.136. The second-order valence-electron chi connectivity index (χ2n) is 6.69. The van der Waals surface area contributed by atoms with Gasteiger partial charge in [-0.3, -0.25) is 9.59 Å². The highest BCUT2D eigenvalue weighted by Gasteiger charge is 2.19. The maximum absolute atomic E-state index is 13.9. The molecule has 0 fully saturated rings. The molecule has 0 radical (unpaired) electrons. The molecule has 0 aliphatic carbocycles. The number of carbonyl (C=O) groups is 2. The monoisotopic (exact) mass is 428 g/mol. The van der Waals surface area contributed by atoms with Gasteiger partial charge >= 0.3 is 0 Å². The highest BCUT2D eigenvalue weighted by molar-refractivity contribution is 5.99. The Balaban J connectivity index is 1.92. The zero-order valence-corrected chi connectivity index (χ0v) is 16.7. The van der Waals surface area contributed by atoms with Gasteiger partial charge in [-0.2, -0.15) is 0 Å². The highest BCUT2D eigenvalue weighted by atomic mass is 19.2. The molecule has 9 heteroatoms. The van der Waals surface area contributed by atoms with Gasteiger partial charge in [0.15, 0.2) is 17.5 Å². The molecule has 0 saturated carbocycles. The summed E-state index contributed by atoms with van der Waals surface area (Å²) in [7, 11) is 1.44. The Hall–Kier alpha value is -3.88. The van der Waals surface area contributed by atoms with E-state index in [0.717, 1.165) is 11.6 Å². The molecule has 0 aliphatic heterocycles. The molecule has 3 rings (SSSR count). The Bertz CT molecular complexity index is 1150. The van der Waals surface area contributed by atoms with E-state index in [4.69, 9.17) is 0 Å². The first-order valence-electron chi connectivity index (χ1n) is 9.27. The van der Waals surface area contributed by atoms with Crippen molar-refractivity contribution in [3.05, 3.63) is 82.8 Å². The van der Waals surface area contributed by atoms with E-state index >= 15 is 0 Å². The summed E-state index contributed by atoms with van der Waals surface area (Å²) in [4.78, 5) is 28.7. The molecule has 0 atom stereocenters. The summed E-state index contributed by atoms with van der Waals surface area (Å²) >= 11 is 0. The molecule has 31 heavy (non-hydrogen) atoms. The van der Waals surface area contributed by atoms with Gasteiger partial charge in [-0.25, -0.2) is 18.2 Å². The quantitative estimate of drug-likeness (QED) is 0.517. The Morgan fingerprint density at radius 1 is 1.00 bits per heavy atom. The van der Waals surface area contributed by atoms with Crippen LogP contribution in [-0.2, 0) is 11.2 Å². The number of nitrogens with zero attached hydrogens (tertiary/aromatic N) is 1. The summed E-state index contributed by atoms with van der Waals surface area (Å²) in [5, 5.41) is 8.00. The first kappa shape index (κ1) is 21.8. The summed E-state index contributed by atoms with van der Waals surface area (Å²) in [6, 6.07) is 10.1. The van der Waals surface area contributed by atoms with Gasteiger partial charge in [0.25, 0.3) is 5.91 Å². The molecular weight excluding hydrogens is 409 g/mol. The van der Waals surface area contributed by atoms with E-state index in [2.05, 4.69) is 20.9 Å². The van der Waals surface area contributed by atoms with E-state index in [9.17, 15) is 22.8 Å². The first-order valence-corrected chi connectivity index (χ1v) is 9.27. The Morgan fingerprint density at radius 2 is 1.71 bits per heavy atom. The highest BCUT2D eigenvalue weighted by Crippen LogP contribution is 2.27. The topological polar surface area (TPSA) is 83.1 Å². The number of benzene rings is 2. The lowest BCUT2D eigenvalue weighted by molar-refractivity contribution is -0.115. The second-order valence-corrected chi connectivity index (χ2v) is 6.69.